The van der Waals surface area contributed by atoms with Crippen molar-refractivity contribution >= 4 is 16.9 Å². The second-order valence-corrected chi connectivity index (χ2v) is 7.49. The third-order valence-corrected chi connectivity index (χ3v) is 4.79. The molecule has 0 saturated carbocycles. The first-order valence-electron chi connectivity index (χ1n) is 9.91. The maximum absolute atomic E-state index is 11.6. The number of para-hydroxylation sites is 1. The van der Waals surface area contributed by atoms with Gasteiger partial charge in [-0.2, -0.15) is 0 Å². The molecule has 1 heterocycles. The first-order chi connectivity index (χ1) is 13.5. The van der Waals surface area contributed by atoms with Crippen LogP contribution in [0.25, 0.3) is 22.2 Å². The third-order valence-electron chi connectivity index (χ3n) is 4.79. The van der Waals surface area contributed by atoms with Crippen molar-refractivity contribution in [2.24, 2.45) is 5.92 Å². The largest absolute Gasteiger partial charge is 0.494 e. The van der Waals surface area contributed by atoms with E-state index in [-0.39, 0.29) is 5.56 Å². The number of ether oxygens (including phenoxy) is 1. The Kier molecular flexibility index (Phi) is 6.64. The summed E-state index contributed by atoms with van der Waals surface area (Å²) in [5, 5.41) is 10.2. The lowest BCUT2D eigenvalue weighted by Crippen LogP contribution is -2.00. The number of hydrogen-bond acceptors (Lipinski definition) is 3. The van der Waals surface area contributed by atoms with Crippen LogP contribution in [0.15, 0.2) is 54.6 Å². The average Bonchev–Trinajstić information content (AvgIpc) is 2.70. The Hall–Kier alpha value is -2.88. The summed E-state index contributed by atoms with van der Waals surface area (Å²) in [4.78, 5) is 16.3. The average molecular weight is 377 g/mol. The van der Waals surface area contributed by atoms with Crippen LogP contribution in [0.2, 0.25) is 0 Å². The number of hydrogen-bond donors (Lipinski definition) is 1. The van der Waals surface area contributed by atoms with Crippen molar-refractivity contribution < 1.29 is 14.6 Å². The molecule has 28 heavy (non-hydrogen) atoms. The number of pyridine rings is 1. The van der Waals surface area contributed by atoms with Gasteiger partial charge in [0.1, 0.15) is 5.75 Å². The highest BCUT2D eigenvalue weighted by molar-refractivity contribution is 6.03. The molecule has 0 fully saturated rings. The van der Waals surface area contributed by atoms with Gasteiger partial charge in [0.15, 0.2) is 0 Å². The van der Waals surface area contributed by atoms with Crippen LogP contribution < -0.4 is 4.74 Å². The summed E-state index contributed by atoms with van der Waals surface area (Å²) in [5.74, 6) is 0.642. The molecule has 0 radical (unpaired) electrons. The number of carboxylic acids is 1. The molecule has 0 saturated heterocycles. The van der Waals surface area contributed by atoms with Gasteiger partial charge in [-0.05, 0) is 48.7 Å². The third kappa shape index (κ3) is 5.10. The van der Waals surface area contributed by atoms with Gasteiger partial charge >= 0.3 is 5.97 Å². The predicted octanol–water partition coefficient (Wildman–Crippen LogP) is 6.20. The lowest BCUT2D eigenvalue weighted by atomic mass is 10.0. The van der Waals surface area contributed by atoms with Gasteiger partial charge in [-0.1, -0.05) is 51.3 Å². The van der Waals surface area contributed by atoms with E-state index in [0.717, 1.165) is 30.3 Å². The van der Waals surface area contributed by atoms with Crippen molar-refractivity contribution in [1.29, 1.82) is 0 Å². The number of fused-ring (bicyclic) bond motifs is 1. The summed E-state index contributed by atoms with van der Waals surface area (Å²) < 4.78 is 5.82. The predicted molar refractivity (Wildman–Crippen MR) is 113 cm³/mol. The van der Waals surface area contributed by atoms with Crippen LogP contribution in [-0.2, 0) is 0 Å². The van der Waals surface area contributed by atoms with E-state index in [1.807, 2.05) is 42.5 Å². The monoisotopic (exact) mass is 377 g/mol. The topological polar surface area (TPSA) is 59.4 Å². The van der Waals surface area contributed by atoms with Gasteiger partial charge in [0.2, 0.25) is 0 Å². The van der Waals surface area contributed by atoms with Crippen LogP contribution in [0.1, 0.15) is 49.9 Å². The van der Waals surface area contributed by atoms with Crippen molar-refractivity contribution in [2.75, 3.05) is 6.61 Å². The van der Waals surface area contributed by atoms with Gasteiger partial charge < -0.3 is 9.84 Å². The fourth-order valence-electron chi connectivity index (χ4n) is 3.24. The Labute approximate surface area is 166 Å². The van der Waals surface area contributed by atoms with E-state index in [4.69, 9.17) is 4.74 Å². The molecule has 4 heteroatoms. The van der Waals surface area contributed by atoms with E-state index in [1.54, 1.807) is 12.1 Å². The van der Waals surface area contributed by atoms with Crippen LogP contribution in [0, 0.1) is 5.92 Å². The van der Waals surface area contributed by atoms with Gasteiger partial charge in [-0.3, -0.25) is 0 Å². The fourth-order valence-corrected chi connectivity index (χ4v) is 3.24. The zero-order chi connectivity index (χ0) is 19.9. The molecular formula is C24H27NO3. The normalized spacial score (nSPS) is 11.1. The maximum atomic E-state index is 11.6. The van der Waals surface area contributed by atoms with Gasteiger partial charge in [-0.25, -0.2) is 9.78 Å². The second-order valence-electron chi connectivity index (χ2n) is 7.49. The Balaban J connectivity index is 1.67. The number of nitrogens with zero attached hydrogens (tertiary/aromatic N) is 1. The van der Waals surface area contributed by atoms with E-state index < -0.39 is 5.97 Å². The number of rotatable bonds is 9. The van der Waals surface area contributed by atoms with Crippen molar-refractivity contribution in [3.05, 3.63) is 60.2 Å². The lowest BCUT2D eigenvalue weighted by Gasteiger charge is -2.09. The number of aromatic carboxylic acids is 1. The quantitative estimate of drug-likeness (QED) is 0.451. The SMILES string of the molecule is CC(C)CCCCCOc1ccc(-c2cc(C(=O)O)c3ccccc3n2)cc1. The molecule has 0 bridgehead atoms. The number of carboxylic acid groups (broad SMARTS) is 1. The van der Waals surface area contributed by atoms with Crippen LogP contribution >= 0.6 is 0 Å². The summed E-state index contributed by atoms with van der Waals surface area (Å²) in [5.41, 5.74) is 2.47. The van der Waals surface area contributed by atoms with Crippen molar-refractivity contribution in [1.82, 2.24) is 4.98 Å². The molecule has 1 N–H and O–H groups in total. The van der Waals surface area contributed by atoms with Gasteiger partial charge in [-0.15, -0.1) is 0 Å². The molecule has 1 aromatic heterocycles. The molecule has 4 nitrogen and oxygen atoms in total. The van der Waals surface area contributed by atoms with Crippen LogP contribution in [0.3, 0.4) is 0 Å². The minimum absolute atomic E-state index is 0.266. The number of benzene rings is 2. The molecule has 0 spiro atoms. The fraction of sp³-hybridized carbons (Fsp3) is 0.333. The Bertz CT molecular complexity index is 932. The summed E-state index contributed by atoms with van der Waals surface area (Å²) >= 11 is 0. The van der Waals surface area contributed by atoms with Gasteiger partial charge in [0.05, 0.1) is 23.4 Å². The molecule has 2 aromatic carbocycles. The molecule has 3 aromatic rings. The highest BCUT2D eigenvalue weighted by Crippen LogP contribution is 2.26. The highest BCUT2D eigenvalue weighted by atomic mass is 16.5. The summed E-state index contributed by atoms with van der Waals surface area (Å²) in [6.07, 6.45) is 4.77. The molecule has 146 valence electrons. The molecule has 0 aliphatic heterocycles. The number of unbranched alkanes of at least 4 members (excludes halogenated alkanes) is 2. The minimum atomic E-state index is -0.947. The second kappa shape index (κ2) is 9.36. The highest BCUT2D eigenvalue weighted by Gasteiger charge is 2.12. The van der Waals surface area contributed by atoms with E-state index in [2.05, 4.69) is 18.8 Å². The molecule has 0 atom stereocenters. The summed E-state index contributed by atoms with van der Waals surface area (Å²) in [6.45, 7) is 5.22. The number of aromatic nitrogens is 1. The van der Waals surface area contributed by atoms with Crippen molar-refractivity contribution in [3.63, 3.8) is 0 Å². The van der Waals surface area contributed by atoms with Crippen molar-refractivity contribution in [2.45, 2.75) is 39.5 Å². The van der Waals surface area contributed by atoms with Crippen LogP contribution in [-0.4, -0.2) is 22.7 Å². The Morgan fingerprint density at radius 1 is 1.04 bits per heavy atom. The first kappa shape index (κ1) is 19.9. The van der Waals surface area contributed by atoms with E-state index in [9.17, 15) is 9.90 Å². The number of carbonyl (C=O) groups is 1. The lowest BCUT2D eigenvalue weighted by molar-refractivity contribution is 0.0699. The van der Waals surface area contributed by atoms with Crippen molar-refractivity contribution in [3.8, 4) is 17.0 Å². The molecule has 0 amide bonds. The molecule has 0 aliphatic rings. The van der Waals surface area contributed by atoms with E-state index in [1.165, 1.54) is 19.3 Å². The van der Waals surface area contributed by atoms with Crippen LogP contribution in [0.5, 0.6) is 5.75 Å². The standard InChI is InChI=1S/C24H27NO3/c1-17(2)8-4-3-7-15-28-19-13-11-18(12-14-19)23-16-21(24(26)27)20-9-5-6-10-22(20)25-23/h5-6,9-14,16-17H,3-4,7-8,15H2,1-2H3,(H,26,27). The Morgan fingerprint density at radius 3 is 2.50 bits per heavy atom. The zero-order valence-corrected chi connectivity index (χ0v) is 16.5. The van der Waals surface area contributed by atoms with Crippen LogP contribution in [0.4, 0.5) is 0 Å². The molecule has 0 unspecified atom stereocenters. The molecule has 3 rings (SSSR count). The zero-order valence-electron chi connectivity index (χ0n) is 16.5. The maximum Gasteiger partial charge on any atom is 0.336 e. The van der Waals surface area contributed by atoms with Gasteiger partial charge in [0.25, 0.3) is 0 Å². The molecular weight excluding hydrogens is 350 g/mol. The van der Waals surface area contributed by atoms with E-state index >= 15 is 0 Å². The van der Waals surface area contributed by atoms with Gasteiger partial charge in [0, 0.05) is 10.9 Å². The summed E-state index contributed by atoms with van der Waals surface area (Å²) in [7, 11) is 0. The Morgan fingerprint density at radius 2 is 1.79 bits per heavy atom. The smallest absolute Gasteiger partial charge is 0.336 e. The minimum Gasteiger partial charge on any atom is -0.494 e. The van der Waals surface area contributed by atoms with E-state index in [0.29, 0.717) is 16.6 Å². The first-order valence-corrected chi connectivity index (χ1v) is 9.91. The summed E-state index contributed by atoms with van der Waals surface area (Å²) in [6, 6.07) is 16.6. The molecule has 0 aliphatic carbocycles.